The maximum absolute atomic E-state index is 12.9. The monoisotopic (exact) mass is 330 g/mol. The molecule has 0 saturated heterocycles. The van der Waals surface area contributed by atoms with E-state index in [9.17, 15) is 4.79 Å². The number of carbonyl (C=O) groups excluding carboxylic acids is 1. The standard InChI is InChI=1S/C15H14N4OS2/c1-8-13-11(3-5-21-13)22-14(8)15(20)19-4-2-10-9(7-19)6-12(16)18-17-10/h3,5-6H,2,4,7H2,1H3,(H2,16,18). The Bertz CT molecular complexity index is 883. The Hall–Kier alpha value is -1.99. The van der Waals surface area contributed by atoms with Gasteiger partial charge in [0, 0.05) is 28.9 Å². The van der Waals surface area contributed by atoms with Crippen molar-refractivity contribution in [3.05, 3.63) is 39.2 Å². The highest BCUT2D eigenvalue weighted by Gasteiger charge is 2.26. The lowest BCUT2D eigenvalue weighted by Crippen LogP contribution is -2.36. The predicted octanol–water partition coefficient (Wildman–Crippen LogP) is 2.84. The fourth-order valence-corrected chi connectivity index (χ4v) is 5.10. The van der Waals surface area contributed by atoms with Crippen LogP contribution in [-0.2, 0) is 13.0 Å². The van der Waals surface area contributed by atoms with Crippen molar-refractivity contribution in [2.75, 3.05) is 12.3 Å². The second kappa shape index (κ2) is 5.03. The van der Waals surface area contributed by atoms with Gasteiger partial charge in [0.15, 0.2) is 0 Å². The highest BCUT2D eigenvalue weighted by molar-refractivity contribution is 7.28. The van der Waals surface area contributed by atoms with Crippen molar-refractivity contribution < 1.29 is 4.79 Å². The van der Waals surface area contributed by atoms with Gasteiger partial charge in [0.05, 0.1) is 10.6 Å². The molecule has 1 aliphatic heterocycles. The molecule has 0 aliphatic carbocycles. The lowest BCUT2D eigenvalue weighted by Gasteiger charge is -2.27. The minimum absolute atomic E-state index is 0.104. The average molecular weight is 330 g/mol. The van der Waals surface area contributed by atoms with Crippen molar-refractivity contribution in [1.82, 2.24) is 15.1 Å². The van der Waals surface area contributed by atoms with Crippen LogP contribution in [0.4, 0.5) is 5.82 Å². The first-order valence-corrected chi connectivity index (χ1v) is 8.70. The van der Waals surface area contributed by atoms with Crippen LogP contribution in [0.25, 0.3) is 9.40 Å². The molecule has 1 amide bonds. The third-order valence-electron chi connectivity index (χ3n) is 3.96. The van der Waals surface area contributed by atoms with E-state index < -0.39 is 0 Å². The molecule has 4 rings (SSSR count). The van der Waals surface area contributed by atoms with Crippen molar-refractivity contribution in [2.45, 2.75) is 19.9 Å². The third kappa shape index (κ3) is 2.08. The summed E-state index contributed by atoms with van der Waals surface area (Å²) in [7, 11) is 0. The normalized spacial score (nSPS) is 14.3. The second-order valence-corrected chi connectivity index (χ2v) is 7.36. The molecular formula is C15H14N4OS2. The summed E-state index contributed by atoms with van der Waals surface area (Å²) in [6.45, 7) is 3.26. The van der Waals surface area contributed by atoms with E-state index in [4.69, 9.17) is 5.73 Å². The summed E-state index contributed by atoms with van der Waals surface area (Å²) in [6.07, 6.45) is 0.729. The minimum atomic E-state index is 0.104. The number of nitrogen functional groups attached to an aromatic ring is 1. The van der Waals surface area contributed by atoms with Crippen molar-refractivity contribution in [3.8, 4) is 0 Å². The zero-order valence-electron chi connectivity index (χ0n) is 12.0. The number of hydrogen-bond acceptors (Lipinski definition) is 6. The van der Waals surface area contributed by atoms with Crippen molar-refractivity contribution in [3.63, 3.8) is 0 Å². The van der Waals surface area contributed by atoms with Crippen LogP contribution in [0.5, 0.6) is 0 Å². The van der Waals surface area contributed by atoms with Crippen LogP contribution in [0.15, 0.2) is 17.5 Å². The van der Waals surface area contributed by atoms with Gasteiger partial charge in [-0.15, -0.1) is 27.8 Å². The molecule has 0 bridgehead atoms. The van der Waals surface area contributed by atoms with Gasteiger partial charge in [0.1, 0.15) is 5.82 Å². The zero-order valence-corrected chi connectivity index (χ0v) is 13.6. The number of aryl methyl sites for hydroxylation is 1. The van der Waals surface area contributed by atoms with Crippen LogP contribution in [-0.4, -0.2) is 27.5 Å². The topological polar surface area (TPSA) is 72.1 Å². The molecule has 0 atom stereocenters. The fraction of sp³-hybridized carbons (Fsp3) is 0.267. The molecule has 112 valence electrons. The first-order valence-electron chi connectivity index (χ1n) is 7.00. The van der Waals surface area contributed by atoms with Gasteiger partial charge in [-0.05, 0) is 35.6 Å². The number of carbonyl (C=O) groups is 1. The summed E-state index contributed by atoms with van der Waals surface area (Å²) in [5.41, 5.74) is 8.75. The molecule has 0 radical (unpaired) electrons. The maximum atomic E-state index is 12.9. The van der Waals surface area contributed by atoms with Gasteiger partial charge in [0.2, 0.25) is 0 Å². The number of amides is 1. The Kier molecular flexibility index (Phi) is 3.12. The number of nitrogens with zero attached hydrogens (tertiary/aromatic N) is 3. The van der Waals surface area contributed by atoms with Gasteiger partial charge in [-0.3, -0.25) is 4.79 Å². The molecule has 5 nitrogen and oxygen atoms in total. The van der Waals surface area contributed by atoms with Crippen LogP contribution in [0.1, 0.15) is 26.5 Å². The smallest absolute Gasteiger partial charge is 0.264 e. The Morgan fingerprint density at radius 3 is 3.09 bits per heavy atom. The molecule has 1 aliphatic rings. The maximum Gasteiger partial charge on any atom is 0.264 e. The molecular weight excluding hydrogens is 316 g/mol. The number of anilines is 1. The van der Waals surface area contributed by atoms with E-state index in [-0.39, 0.29) is 5.91 Å². The predicted molar refractivity (Wildman–Crippen MR) is 89.3 cm³/mol. The van der Waals surface area contributed by atoms with E-state index >= 15 is 0 Å². The first-order chi connectivity index (χ1) is 10.6. The van der Waals surface area contributed by atoms with E-state index in [0.717, 1.165) is 28.1 Å². The van der Waals surface area contributed by atoms with Crippen molar-refractivity contribution in [2.24, 2.45) is 0 Å². The molecule has 2 N–H and O–H groups in total. The minimum Gasteiger partial charge on any atom is -0.382 e. The lowest BCUT2D eigenvalue weighted by atomic mass is 10.1. The van der Waals surface area contributed by atoms with Gasteiger partial charge in [0.25, 0.3) is 5.91 Å². The van der Waals surface area contributed by atoms with Gasteiger partial charge in [-0.1, -0.05) is 0 Å². The van der Waals surface area contributed by atoms with Crippen LogP contribution in [0, 0.1) is 6.92 Å². The number of aromatic nitrogens is 2. The quantitative estimate of drug-likeness (QED) is 0.745. The number of fused-ring (bicyclic) bond motifs is 2. The van der Waals surface area contributed by atoms with Crippen molar-refractivity contribution in [1.29, 1.82) is 0 Å². The number of nitrogens with two attached hydrogens (primary N) is 1. The second-order valence-electron chi connectivity index (χ2n) is 5.39. The zero-order chi connectivity index (χ0) is 15.3. The third-order valence-corrected chi connectivity index (χ3v) is 6.37. The molecule has 0 saturated carbocycles. The number of hydrogen-bond donors (Lipinski definition) is 1. The van der Waals surface area contributed by atoms with Gasteiger partial charge in [-0.2, -0.15) is 5.10 Å². The molecule has 0 spiro atoms. The van der Waals surface area contributed by atoms with E-state index in [1.54, 1.807) is 22.7 Å². The summed E-state index contributed by atoms with van der Waals surface area (Å²) < 4.78 is 2.42. The summed E-state index contributed by atoms with van der Waals surface area (Å²) >= 11 is 3.28. The Labute approximate surface area is 135 Å². The largest absolute Gasteiger partial charge is 0.382 e. The van der Waals surface area contributed by atoms with Crippen LogP contribution in [0.2, 0.25) is 0 Å². The Morgan fingerprint density at radius 2 is 2.27 bits per heavy atom. The van der Waals surface area contributed by atoms with E-state index in [1.807, 2.05) is 17.9 Å². The van der Waals surface area contributed by atoms with Gasteiger partial charge >= 0.3 is 0 Å². The summed E-state index contributed by atoms with van der Waals surface area (Å²) in [5.74, 6) is 0.507. The van der Waals surface area contributed by atoms with Gasteiger partial charge in [-0.25, -0.2) is 0 Å². The molecule has 4 heterocycles. The number of rotatable bonds is 1. The first kappa shape index (κ1) is 13.7. The number of thiophene rings is 2. The molecule has 0 fully saturated rings. The fourth-order valence-electron chi connectivity index (χ4n) is 2.81. The highest BCUT2D eigenvalue weighted by Crippen LogP contribution is 2.35. The molecule has 0 aromatic carbocycles. The van der Waals surface area contributed by atoms with E-state index in [1.165, 1.54) is 9.40 Å². The van der Waals surface area contributed by atoms with Crippen LogP contribution >= 0.6 is 22.7 Å². The molecule has 3 aromatic rings. The average Bonchev–Trinajstić information content (AvgIpc) is 3.09. The Morgan fingerprint density at radius 1 is 1.41 bits per heavy atom. The van der Waals surface area contributed by atoms with E-state index in [0.29, 0.717) is 18.9 Å². The van der Waals surface area contributed by atoms with E-state index in [2.05, 4.69) is 21.6 Å². The molecule has 22 heavy (non-hydrogen) atoms. The summed E-state index contributed by atoms with van der Waals surface area (Å²) in [4.78, 5) is 15.6. The Balaban J connectivity index is 1.66. The van der Waals surface area contributed by atoms with Crippen molar-refractivity contribution >= 4 is 43.8 Å². The summed E-state index contributed by atoms with van der Waals surface area (Å²) in [6, 6.07) is 3.90. The van der Waals surface area contributed by atoms with Crippen LogP contribution < -0.4 is 5.73 Å². The highest BCUT2D eigenvalue weighted by atomic mass is 32.1. The SMILES string of the molecule is Cc1c(C(=O)N2CCc3nnc(N)cc3C2)sc2ccsc12. The molecule has 3 aromatic heterocycles. The lowest BCUT2D eigenvalue weighted by molar-refractivity contribution is 0.0737. The van der Waals surface area contributed by atoms with Crippen LogP contribution in [0.3, 0.4) is 0 Å². The molecule has 0 unspecified atom stereocenters. The molecule has 7 heteroatoms. The summed E-state index contributed by atoms with van der Waals surface area (Å²) in [5, 5.41) is 10.1. The van der Waals surface area contributed by atoms with Gasteiger partial charge < -0.3 is 10.6 Å².